The van der Waals surface area contributed by atoms with E-state index in [-0.39, 0.29) is 5.91 Å². The van der Waals surface area contributed by atoms with E-state index < -0.39 is 0 Å². The Morgan fingerprint density at radius 2 is 2.00 bits per heavy atom. The monoisotopic (exact) mass is 393 g/mol. The van der Waals surface area contributed by atoms with Gasteiger partial charge >= 0.3 is 0 Å². The van der Waals surface area contributed by atoms with Gasteiger partial charge in [-0.3, -0.25) is 4.79 Å². The molecule has 4 rings (SSSR count). The summed E-state index contributed by atoms with van der Waals surface area (Å²) < 4.78 is 6.98. The van der Waals surface area contributed by atoms with Gasteiger partial charge in [0.25, 0.3) is 5.91 Å². The zero-order valence-electron chi connectivity index (χ0n) is 15.0. The third-order valence-corrected chi connectivity index (χ3v) is 4.39. The Kier molecular flexibility index (Phi) is 4.90. The minimum Gasteiger partial charge on any atom is -0.494 e. The van der Waals surface area contributed by atoms with Crippen LogP contribution in [0, 0.1) is 0 Å². The highest BCUT2D eigenvalue weighted by Crippen LogP contribution is 2.23. The van der Waals surface area contributed by atoms with Crippen LogP contribution in [0.2, 0.25) is 5.02 Å². The number of anilines is 1. The fourth-order valence-electron chi connectivity index (χ4n) is 2.76. The first-order chi connectivity index (χ1) is 13.7. The highest BCUT2D eigenvalue weighted by atomic mass is 35.5. The number of carbonyl (C=O) groups excluding carboxylic acids is 1. The van der Waals surface area contributed by atoms with E-state index in [0.717, 1.165) is 5.75 Å². The van der Waals surface area contributed by atoms with Crippen molar-refractivity contribution in [3.63, 3.8) is 0 Å². The summed E-state index contributed by atoms with van der Waals surface area (Å²) in [4.78, 5) is 16.9. The minimum atomic E-state index is -0.303. The Morgan fingerprint density at radius 1 is 1.18 bits per heavy atom. The molecule has 0 aliphatic rings. The van der Waals surface area contributed by atoms with Crippen molar-refractivity contribution in [3.8, 4) is 11.4 Å². The van der Waals surface area contributed by atoms with Gasteiger partial charge < -0.3 is 10.1 Å². The molecule has 0 unspecified atom stereocenters. The number of amides is 1. The predicted molar refractivity (Wildman–Crippen MR) is 107 cm³/mol. The van der Waals surface area contributed by atoms with Crippen LogP contribution in [-0.4, -0.2) is 32.5 Å². The second kappa shape index (κ2) is 7.66. The summed E-state index contributed by atoms with van der Waals surface area (Å²) in [6.07, 6.45) is 1.67. The summed E-state index contributed by atoms with van der Waals surface area (Å²) in [5.41, 5.74) is 2.97. The molecule has 0 spiro atoms. The number of carbonyl (C=O) groups is 1. The van der Waals surface area contributed by atoms with Gasteiger partial charge in [-0.25, -0.2) is 4.98 Å². The Labute approximate surface area is 165 Å². The Morgan fingerprint density at radius 3 is 2.75 bits per heavy atom. The zero-order chi connectivity index (χ0) is 19.5. The van der Waals surface area contributed by atoms with Gasteiger partial charge in [0.05, 0.1) is 22.9 Å². The third kappa shape index (κ3) is 3.52. The van der Waals surface area contributed by atoms with E-state index in [0.29, 0.717) is 39.7 Å². The van der Waals surface area contributed by atoms with Crippen molar-refractivity contribution in [2.24, 2.45) is 0 Å². The normalized spacial score (nSPS) is 10.8. The molecule has 0 atom stereocenters. The van der Waals surface area contributed by atoms with E-state index >= 15 is 0 Å². The van der Waals surface area contributed by atoms with Gasteiger partial charge in [0.15, 0.2) is 5.65 Å². The van der Waals surface area contributed by atoms with E-state index in [4.69, 9.17) is 16.3 Å². The maximum atomic E-state index is 12.6. The van der Waals surface area contributed by atoms with E-state index in [1.165, 1.54) is 0 Å². The molecular formula is C20H16ClN5O2. The van der Waals surface area contributed by atoms with Crippen LogP contribution in [0.15, 0.2) is 60.8 Å². The van der Waals surface area contributed by atoms with Crippen LogP contribution in [0.4, 0.5) is 5.69 Å². The van der Waals surface area contributed by atoms with Gasteiger partial charge in [0.2, 0.25) is 0 Å². The molecule has 8 heteroatoms. The number of aromatic nitrogens is 4. The molecule has 0 radical (unpaired) electrons. The van der Waals surface area contributed by atoms with Crippen LogP contribution in [0.3, 0.4) is 0 Å². The number of hydrogen-bond acceptors (Lipinski definition) is 5. The maximum Gasteiger partial charge on any atom is 0.257 e. The van der Waals surface area contributed by atoms with Gasteiger partial charge in [-0.05, 0) is 61.5 Å². The molecule has 2 aromatic heterocycles. The van der Waals surface area contributed by atoms with E-state index in [2.05, 4.69) is 20.6 Å². The number of benzene rings is 2. The molecule has 0 saturated carbocycles. The predicted octanol–water partition coefficient (Wildman–Crippen LogP) is 4.12. The third-order valence-electron chi connectivity index (χ3n) is 4.07. The van der Waals surface area contributed by atoms with Crippen molar-refractivity contribution in [3.05, 3.63) is 71.4 Å². The molecule has 7 nitrogen and oxygen atoms in total. The number of ether oxygens (including phenoxy) is 1. The van der Waals surface area contributed by atoms with Gasteiger partial charge in [0, 0.05) is 11.9 Å². The van der Waals surface area contributed by atoms with Crippen molar-refractivity contribution in [2.45, 2.75) is 6.92 Å². The molecule has 1 amide bonds. The Hall–Kier alpha value is -3.45. The highest BCUT2D eigenvalue weighted by molar-refractivity contribution is 6.34. The van der Waals surface area contributed by atoms with Crippen LogP contribution in [0.1, 0.15) is 17.3 Å². The van der Waals surface area contributed by atoms with Gasteiger partial charge in [-0.2, -0.15) is 4.68 Å². The number of hydrogen-bond donors (Lipinski definition) is 1. The van der Waals surface area contributed by atoms with Crippen molar-refractivity contribution in [1.82, 2.24) is 20.0 Å². The topological polar surface area (TPSA) is 81.9 Å². The molecule has 1 N–H and O–H groups in total. The van der Waals surface area contributed by atoms with Gasteiger partial charge in [-0.15, -0.1) is 5.10 Å². The van der Waals surface area contributed by atoms with Crippen LogP contribution in [0.25, 0.3) is 16.9 Å². The number of nitrogens with one attached hydrogen (secondary N) is 1. The Bertz CT molecular complexity index is 1140. The van der Waals surface area contributed by atoms with Crippen molar-refractivity contribution in [2.75, 3.05) is 11.9 Å². The maximum absolute atomic E-state index is 12.6. The molecule has 28 heavy (non-hydrogen) atoms. The minimum absolute atomic E-state index is 0.303. The van der Waals surface area contributed by atoms with Gasteiger partial charge in [-0.1, -0.05) is 16.8 Å². The van der Waals surface area contributed by atoms with E-state index in [1.54, 1.807) is 59.4 Å². The molecular weight excluding hydrogens is 378 g/mol. The lowest BCUT2D eigenvalue weighted by Crippen LogP contribution is -2.13. The smallest absolute Gasteiger partial charge is 0.257 e. The summed E-state index contributed by atoms with van der Waals surface area (Å²) >= 11 is 6.36. The number of halogens is 1. The second-order valence-electron chi connectivity index (χ2n) is 5.92. The number of nitrogens with zero attached hydrogens (tertiary/aromatic N) is 4. The van der Waals surface area contributed by atoms with Gasteiger partial charge in [0.1, 0.15) is 11.3 Å². The number of rotatable bonds is 5. The van der Waals surface area contributed by atoms with E-state index in [1.807, 2.05) is 13.0 Å². The number of fused-ring (bicyclic) bond motifs is 1. The second-order valence-corrected chi connectivity index (χ2v) is 6.33. The van der Waals surface area contributed by atoms with Crippen LogP contribution in [0.5, 0.6) is 5.75 Å². The lowest BCUT2D eigenvalue weighted by atomic mass is 10.2. The first-order valence-corrected chi connectivity index (χ1v) is 9.04. The van der Waals surface area contributed by atoms with Crippen LogP contribution in [-0.2, 0) is 0 Å². The SMILES string of the molecule is CCOc1ccc(NC(=O)c2ccc(-n3nnc4cccnc43)cc2Cl)cc1. The van der Waals surface area contributed by atoms with Crippen molar-refractivity contribution < 1.29 is 9.53 Å². The number of pyridine rings is 1. The summed E-state index contributed by atoms with van der Waals surface area (Å²) in [6.45, 7) is 2.50. The highest BCUT2D eigenvalue weighted by Gasteiger charge is 2.14. The van der Waals surface area contributed by atoms with E-state index in [9.17, 15) is 4.79 Å². The van der Waals surface area contributed by atoms with Crippen LogP contribution < -0.4 is 10.1 Å². The standard InChI is InChI=1S/C20H16ClN5O2/c1-2-28-15-8-5-13(6-9-15)23-20(27)16-10-7-14(12-17(16)21)26-19-18(24-25-26)4-3-11-22-19/h3-12H,2H2,1H3,(H,23,27). The zero-order valence-corrected chi connectivity index (χ0v) is 15.7. The summed E-state index contributed by atoms with van der Waals surface area (Å²) in [5, 5.41) is 11.3. The molecule has 0 bridgehead atoms. The molecule has 2 aromatic carbocycles. The average Bonchev–Trinajstić information content (AvgIpc) is 3.14. The summed E-state index contributed by atoms with van der Waals surface area (Å²) in [6, 6.07) is 15.8. The molecule has 0 fully saturated rings. The quantitative estimate of drug-likeness (QED) is 0.551. The van der Waals surface area contributed by atoms with Crippen LogP contribution >= 0.6 is 11.6 Å². The van der Waals surface area contributed by atoms with Crippen molar-refractivity contribution in [1.29, 1.82) is 0 Å². The molecule has 0 saturated heterocycles. The summed E-state index contributed by atoms with van der Waals surface area (Å²) in [7, 11) is 0. The average molecular weight is 394 g/mol. The molecule has 0 aliphatic carbocycles. The molecule has 140 valence electrons. The lowest BCUT2D eigenvalue weighted by Gasteiger charge is -2.09. The molecule has 0 aliphatic heterocycles. The molecule has 4 aromatic rings. The summed E-state index contributed by atoms with van der Waals surface area (Å²) in [5.74, 6) is 0.443. The lowest BCUT2D eigenvalue weighted by molar-refractivity contribution is 0.102. The fraction of sp³-hybridized carbons (Fsp3) is 0.100. The van der Waals surface area contributed by atoms with Crippen molar-refractivity contribution >= 4 is 34.4 Å². The largest absolute Gasteiger partial charge is 0.494 e. The molecule has 2 heterocycles. The fourth-order valence-corrected chi connectivity index (χ4v) is 3.02. The first-order valence-electron chi connectivity index (χ1n) is 8.66. The Balaban J connectivity index is 1.56. The first kappa shape index (κ1) is 17.9.